The van der Waals surface area contributed by atoms with Crippen molar-refractivity contribution in [1.29, 1.82) is 0 Å². The van der Waals surface area contributed by atoms with E-state index < -0.39 is 0 Å². The summed E-state index contributed by atoms with van der Waals surface area (Å²) in [6.45, 7) is 0. The average molecular weight is 181 g/mol. The van der Waals surface area contributed by atoms with Crippen molar-refractivity contribution in [3.05, 3.63) is 36.3 Å². The van der Waals surface area contributed by atoms with Crippen molar-refractivity contribution >= 4 is 11.6 Å². The van der Waals surface area contributed by atoms with Gasteiger partial charge < -0.3 is 0 Å². The molecular weight excluding hydrogens is 176 g/mol. The van der Waals surface area contributed by atoms with E-state index in [1.165, 1.54) is 6.20 Å². The van der Waals surface area contributed by atoms with Gasteiger partial charge in [-0.15, -0.1) is 0 Å². The minimum Gasteiger partial charge on any atom is -0.289 e. The molecular formula is C7H5ClN4. The van der Waals surface area contributed by atoms with E-state index in [2.05, 4.69) is 15.0 Å². The fourth-order valence-corrected chi connectivity index (χ4v) is 0.931. The fraction of sp³-hybridized carbons (Fsp3) is 0. The molecule has 0 aliphatic heterocycles. The van der Waals surface area contributed by atoms with E-state index in [1.54, 1.807) is 29.5 Å². The van der Waals surface area contributed by atoms with Gasteiger partial charge in [0.2, 0.25) is 0 Å². The van der Waals surface area contributed by atoms with E-state index in [1.807, 2.05) is 0 Å². The minimum absolute atomic E-state index is 0.388. The summed E-state index contributed by atoms with van der Waals surface area (Å²) < 4.78 is 1.75. The minimum atomic E-state index is 0.388. The van der Waals surface area contributed by atoms with Crippen LogP contribution in [0.1, 0.15) is 0 Å². The topological polar surface area (TPSA) is 43.6 Å². The van der Waals surface area contributed by atoms with Gasteiger partial charge >= 0.3 is 0 Å². The number of hydrogen-bond donors (Lipinski definition) is 0. The van der Waals surface area contributed by atoms with Gasteiger partial charge in [0.15, 0.2) is 5.82 Å². The summed E-state index contributed by atoms with van der Waals surface area (Å²) in [7, 11) is 0. The second-order valence-electron chi connectivity index (χ2n) is 2.17. The van der Waals surface area contributed by atoms with Crippen molar-refractivity contribution in [3.63, 3.8) is 0 Å². The Hall–Kier alpha value is -1.42. The smallest absolute Gasteiger partial charge is 0.156 e. The molecule has 0 aliphatic rings. The first-order chi connectivity index (χ1) is 5.86. The van der Waals surface area contributed by atoms with Crippen molar-refractivity contribution in [2.24, 2.45) is 0 Å². The van der Waals surface area contributed by atoms with Gasteiger partial charge in [0, 0.05) is 12.4 Å². The number of halogens is 1. The number of imidazole rings is 1. The van der Waals surface area contributed by atoms with E-state index in [9.17, 15) is 0 Å². The van der Waals surface area contributed by atoms with E-state index in [-0.39, 0.29) is 0 Å². The molecule has 0 radical (unpaired) electrons. The van der Waals surface area contributed by atoms with Crippen molar-refractivity contribution in [1.82, 2.24) is 19.5 Å². The molecule has 12 heavy (non-hydrogen) atoms. The van der Waals surface area contributed by atoms with Crippen LogP contribution >= 0.6 is 11.6 Å². The maximum absolute atomic E-state index is 5.57. The Kier molecular flexibility index (Phi) is 1.75. The highest BCUT2D eigenvalue weighted by Crippen LogP contribution is 2.04. The van der Waals surface area contributed by atoms with E-state index in [4.69, 9.17) is 11.6 Å². The van der Waals surface area contributed by atoms with Crippen LogP contribution in [0.5, 0.6) is 0 Å². The average Bonchev–Trinajstić information content (AvgIpc) is 2.58. The van der Waals surface area contributed by atoms with Gasteiger partial charge in [-0.25, -0.2) is 15.0 Å². The lowest BCUT2D eigenvalue weighted by atomic mass is 10.6. The molecule has 2 aromatic heterocycles. The van der Waals surface area contributed by atoms with Crippen LogP contribution in [0.2, 0.25) is 5.15 Å². The molecule has 2 aromatic rings. The predicted octanol–water partition coefficient (Wildman–Crippen LogP) is 1.32. The lowest BCUT2D eigenvalue weighted by Crippen LogP contribution is -1.94. The molecule has 0 saturated heterocycles. The van der Waals surface area contributed by atoms with Gasteiger partial charge in [0.1, 0.15) is 11.5 Å². The monoisotopic (exact) mass is 180 g/mol. The van der Waals surface area contributed by atoms with Gasteiger partial charge in [-0.3, -0.25) is 4.57 Å². The van der Waals surface area contributed by atoms with Crippen molar-refractivity contribution in [2.45, 2.75) is 0 Å². The highest BCUT2D eigenvalue weighted by Gasteiger charge is 1.95. The second kappa shape index (κ2) is 2.91. The van der Waals surface area contributed by atoms with Crippen molar-refractivity contribution in [3.8, 4) is 5.82 Å². The van der Waals surface area contributed by atoms with Crippen LogP contribution in [-0.4, -0.2) is 19.5 Å². The molecule has 0 aromatic carbocycles. The molecule has 0 fully saturated rings. The molecule has 0 N–H and O–H groups in total. The number of hydrogen-bond acceptors (Lipinski definition) is 3. The van der Waals surface area contributed by atoms with Crippen LogP contribution in [0.25, 0.3) is 5.82 Å². The van der Waals surface area contributed by atoms with Gasteiger partial charge in [-0.05, 0) is 0 Å². The summed E-state index contributed by atoms with van der Waals surface area (Å²) >= 11 is 5.57. The maximum atomic E-state index is 5.57. The molecule has 0 bridgehead atoms. The molecule has 2 rings (SSSR count). The van der Waals surface area contributed by atoms with Crippen molar-refractivity contribution < 1.29 is 0 Å². The van der Waals surface area contributed by atoms with Crippen LogP contribution in [0.4, 0.5) is 0 Å². The highest BCUT2D eigenvalue weighted by molar-refractivity contribution is 6.29. The molecule has 0 spiro atoms. The molecule has 0 saturated carbocycles. The Balaban J connectivity index is 2.43. The van der Waals surface area contributed by atoms with Gasteiger partial charge in [0.05, 0.1) is 12.4 Å². The standard InChI is InChI=1S/C7H5ClN4/c8-6-3-11-7(4-10-6)12-2-1-9-5-12/h1-5H. The van der Waals surface area contributed by atoms with Crippen LogP contribution in [0.15, 0.2) is 31.1 Å². The zero-order valence-electron chi connectivity index (χ0n) is 6.05. The van der Waals surface area contributed by atoms with Gasteiger partial charge in [-0.1, -0.05) is 11.6 Å². The molecule has 0 amide bonds. The zero-order chi connectivity index (χ0) is 8.39. The highest BCUT2D eigenvalue weighted by atomic mass is 35.5. The Labute approximate surface area is 73.9 Å². The summed E-state index contributed by atoms with van der Waals surface area (Å²) in [6.07, 6.45) is 8.20. The predicted molar refractivity (Wildman–Crippen MR) is 44.2 cm³/mol. The number of nitrogens with zero attached hydrogens (tertiary/aromatic N) is 4. The molecule has 60 valence electrons. The third-order valence-corrected chi connectivity index (χ3v) is 1.57. The Morgan fingerprint density at radius 2 is 2.17 bits per heavy atom. The molecule has 0 atom stereocenters. The van der Waals surface area contributed by atoms with Crippen molar-refractivity contribution in [2.75, 3.05) is 0 Å². The quantitative estimate of drug-likeness (QED) is 0.665. The fourth-order valence-electron chi connectivity index (χ4n) is 0.833. The normalized spacial score (nSPS) is 10.1. The SMILES string of the molecule is Clc1cnc(-n2ccnc2)cn1. The van der Waals surface area contributed by atoms with Crippen LogP contribution in [-0.2, 0) is 0 Å². The number of rotatable bonds is 1. The second-order valence-corrected chi connectivity index (χ2v) is 2.55. The maximum Gasteiger partial charge on any atom is 0.156 e. The third kappa shape index (κ3) is 1.29. The molecule has 0 aliphatic carbocycles. The van der Waals surface area contributed by atoms with E-state index >= 15 is 0 Å². The Morgan fingerprint density at radius 1 is 1.25 bits per heavy atom. The van der Waals surface area contributed by atoms with Crippen LogP contribution in [0, 0.1) is 0 Å². The largest absolute Gasteiger partial charge is 0.289 e. The molecule has 5 heteroatoms. The lowest BCUT2D eigenvalue weighted by molar-refractivity contribution is 0.971. The summed E-state index contributed by atoms with van der Waals surface area (Å²) in [5.74, 6) is 0.705. The Morgan fingerprint density at radius 3 is 2.75 bits per heavy atom. The molecule has 0 unspecified atom stereocenters. The first kappa shape index (κ1) is 7.24. The van der Waals surface area contributed by atoms with E-state index in [0.717, 1.165) is 0 Å². The summed E-state index contributed by atoms with van der Waals surface area (Å²) in [5.41, 5.74) is 0. The third-order valence-electron chi connectivity index (χ3n) is 1.38. The zero-order valence-corrected chi connectivity index (χ0v) is 6.81. The first-order valence-electron chi connectivity index (χ1n) is 3.32. The number of aromatic nitrogens is 4. The molecule has 2 heterocycles. The first-order valence-corrected chi connectivity index (χ1v) is 3.70. The summed E-state index contributed by atoms with van der Waals surface area (Å²) in [4.78, 5) is 11.8. The van der Waals surface area contributed by atoms with Gasteiger partial charge in [-0.2, -0.15) is 0 Å². The Bertz CT molecular complexity index is 353. The summed E-state index contributed by atoms with van der Waals surface area (Å²) in [6, 6.07) is 0. The van der Waals surface area contributed by atoms with Gasteiger partial charge in [0.25, 0.3) is 0 Å². The van der Waals surface area contributed by atoms with Crippen LogP contribution in [0.3, 0.4) is 0 Å². The molecule has 4 nitrogen and oxygen atoms in total. The lowest BCUT2D eigenvalue weighted by Gasteiger charge is -1.97. The summed E-state index contributed by atoms with van der Waals surface area (Å²) in [5, 5.41) is 0.388. The van der Waals surface area contributed by atoms with E-state index in [0.29, 0.717) is 11.0 Å². The van der Waals surface area contributed by atoms with Crippen LogP contribution < -0.4 is 0 Å².